The van der Waals surface area contributed by atoms with Crippen LogP contribution < -0.4 is 4.90 Å². The maximum absolute atomic E-state index is 12.2. The van der Waals surface area contributed by atoms with Gasteiger partial charge in [-0.05, 0) is 32.9 Å². The Balaban J connectivity index is 2.03. The number of rotatable bonds is 1. The third kappa shape index (κ3) is 4.17. The molecule has 1 aromatic rings. The molecule has 1 aliphatic heterocycles. The van der Waals surface area contributed by atoms with Crippen molar-refractivity contribution in [1.82, 2.24) is 9.88 Å². The van der Waals surface area contributed by atoms with E-state index in [4.69, 9.17) is 4.74 Å². The van der Waals surface area contributed by atoms with Gasteiger partial charge in [-0.2, -0.15) is 0 Å². The Bertz CT molecular complexity index is 557. The van der Waals surface area contributed by atoms with Crippen molar-refractivity contribution in [3.05, 3.63) is 22.8 Å². The first-order valence-corrected chi connectivity index (χ1v) is 7.45. The largest absolute Gasteiger partial charge is 0.444 e. The van der Waals surface area contributed by atoms with Crippen molar-refractivity contribution in [1.29, 1.82) is 0 Å². The molecule has 0 spiro atoms. The molecule has 21 heavy (non-hydrogen) atoms. The number of amides is 2. The summed E-state index contributed by atoms with van der Waals surface area (Å²) in [6.45, 7) is 6.23. The van der Waals surface area contributed by atoms with Crippen LogP contribution in [0.4, 0.5) is 10.6 Å². The molecule has 0 bridgehead atoms. The number of hydrogen-bond acceptors (Lipinski definition) is 4. The Morgan fingerprint density at radius 3 is 2.67 bits per heavy atom. The number of pyridine rings is 1. The van der Waals surface area contributed by atoms with Crippen LogP contribution in [0.15, 0.2) is 22.8 Å². The van der Waals surface area contributed by atoms with E-state index in [0.717, 1.165) is 4.47 Å². The fourth-order valence-electron chi connectivity index (χ4n) is 1.94. The first-order chi connectivity index (χ1) is 9.76. The van der Waals surface area contributed by atoms with Crippen molar-refractivity contribution in [3.8, 4) is 0 Å². The van der Waals surface area contributed by atoms with Crippen LogP contribution >= 0.6 is 15.9 Å². The predicted octanol–water partition coefficient (Wildman–Crippen LogP) is 2.43. The number of piperazine rings is 1. The van der Waals surface area contributed by atoms with Crippen LogP contribution in [0.3, 0.4) is 0 Å². The summed E-state index contributed by atoms with van der Waals surface area (Å²) in [5, 5.41) is 0. The maximum Gasteiger partial charge on any atom is 0.410 e. The molecule has 0 N–H and O–H groups in total. The summed E-state index contributed by atoms with van der Waals surface area (Å²) >= 11 is 3.35. The second-order valence-electron chi connectivity index (χ2n) is 5.78. The van der Waals surface area contributed by atoms with Gasteiger partial charge in [-0.25, -0.2) is 9.78 Å². The van der Waals surface area contributed by atoms with Gasteiger partial charge >= 0.3 is 6.09 Å². The number of carbonyl (C=O) groups is 2. The summed E-state index contributed by atoms with van der Waals surface area (Å²) in [6.07, 6.45) is 1.17. The standard InChI is InChI=1S/C14H18BrN3O3/c1-14(2,3)21-13(20)17-6-7-18(12(19)9-17)11-8-10(15)4-5-16-11/h4-5,8H,6-7,9H2,1-3H3. The minimum atomic E-state index is -0.566. The van der Waals surface area contributed by atoms with Crippen molar-refractivity contribution in [3.63, 3.8) is 0 Å². The van der Waals surface area contributed by atoms with Gasteiger partial charge in [-0.1, -0.05) is 15.9 Å². The highest BCUT2D eigenvalue weighted by atomic mass is 79.9. The maximum atomic E-state index is 12.2. The van der Waals surface area contributed by atoms with Crippen molar-refractivity contribution >= 4 is 33.7 Å². The summed E-state index contributed by atoms with van der Waals surface area (Å²) in [5.41, 5.74) is -0.566. The molecule has 114 valence electrons. The normalized spacial score (nSPS) is 16.1. The quantitative estimate of drug-likeness (QED) is 0.775. The van der Waals surface area contributed by atoms with E-state index in [2.05, 4.69) is 20.9 Å². The lowest BCUT2D eigenvalue weighted by atomic mass is 10.2. The number of anilines is 1. The molecule has 1 fully saturated rings. The molecule has 2 rings (SSSR count). The zero-order chi connectivity index (χ0) is 15.6. The van der Waals surface area contributed by atoms with Gasteiger partial charge in [-0.3, -0.25) is 14.6 Å². The van der Waals surface area contributed by atoms with Crippen molar-refractivity contribution in [2.24, 2.45) is 0 Å². The Kier molecular flexibility index (Phi) is 4.51. The fraction of sp³-hybridized carbons (Fsp3) is 0.500. The smallest absolute Gasteiger partial charge is 0.410 e. The van der Waals surface area contributed by atoms with Crippen molar-refractivity contribution in [2.75, 3.05) is 24.5 Å². The Morgan fingerprint density at radius 1 is 1.38 bits per heavy atom. The Hall–Kier alpha value is -1.63. The lowest BCUT2D eigenvalue weighted by molar-refractivity contribution is -0.121. The molecule has 1 aliphatic rings. The van der Waals surface area contributed by atoms with Crippen LogP contribution in [-0.4, -0.2) is 47.1 Å². The third-order valence-corrected chi connectivity index (χ3v) is 3.35. The summed E-state index contributed by atoms with van der Waals surface area (Å²) in [4.78, 5) is 31.4. The van der Waals surface area contributed by atoms with E-state index >= 15 is 0 Å². The zero-order valence-corrected chi connectivity index (χ0v) is 13.9. The van der Waals surface area contributed by atoms with Gasteiger partial charge < -0.3 is 4.74 Å². The first kappa shape index (κ1) is 15.8. The Morgan fingerprint density at radius 2 is 2.10 bits per heavy atom. The number of halogens is 1. The molecule has 0 unspecified atom stereocenters. The monoisotopic (exact) mass is 355 g/mol. The Labute approximate surface area is 132 Å². The van der Waals surface area contributed by atoms with Gasteiger partial charge in [0.25, 0.3) is 0 Å². The van der Waals surface area contributed by atoms with Crippen molar-refractivity contribution in [2.45, 2.75) is 26.4 Å². The lowest BCUT2D eigenvalue weighted by Crippen LogP contribution is -2.53. The van der Waals surface area contributed by atoms with Gasteiger partial charge in [0.15, 0.2) is 0 Å². The van der Waals surface area contributed by atoms with Crippen LogP contribution in [0.1, 0.15) is 20.8 Å². The average molecular weight is 356 g/mol. The molecule has 0 radical (unpaired) electrons. The molecule has 1 aromatic heterocycles. The number of hydrogen-bond donors (Lipinski definition) is 0. The van der Waals surface area contributed by atoms with E-state index in [1.165, 1.54) is 4.90 Å². The topological polar surface area (TPSA) is 62.7 Å². The second-order valence-corrected chi connectivity index (χ2v) is 6.70. The molecular formula is C14H18BrN3O3. The summed E-state index contributed by atoms with van der Waals surface area (Å²) < 4.78 is 6.14. The van der Waals surface area contributed by atoms with E-state index in [1.54, 1.807) is 44.0 Å². The molecule has 0 atom stereocenters. The first-order valence-electron chi connectivity index (χ1n) is 6.66. The van der Waals surface area contributed by atoms with Crippen molar-refractivity contribution < 1.29 is 14.3 Å². The molecule has 6 nitrogen and oxygen atoms in total. The van der Waals surface area contributed by atoms with Gasteiger partial charge in [0, 0.05) is 23.8 Å². The summed E-state index contributed by atoms with van der Waals surface area (Å²) in [5.74, 6) is 0.413. The molecule has 2 heterocycles. The molecule has 2 amide bonds. The molecule has 0 aromatic carbocycles. The number of aromatic nitrogens is 1. The van der Waals surface area contributed by atoms with Crippen LogP contribution in [0.2, 0.25) is 0 Å². The van der Waals surface area contributed by atoms with E-state index in [-0.39, 0.29) is 12.5 Å². The molecule has 0 saturated carbocycles. The molecular weight excluding hydrogens is 338 g/mol. The lowest BCUT2D eigenvalue weighted by Gasteiger charge is -2.34. The molecule has 1 saturated heterocycles. The number of nitrogens with zero attached hydrogens (tertiary/aromatic N) is 3. The fourth-order valence-corrected chi connectivity index (χ4v) is 2.26. The molecule has 7 heteroatoms. The predicted molar refractivity (Wildman–Crippen MR) is 82.1 cm³/mol. The van der Waals surface area contributed by atoms with E-state index in [0.29, 0.717) is 18.9 Å². The van der Waals surface area contributed by atoms with Crippen LogP contribution in [0.25, 0.3) is 0 Å². The van der Waals surface area contributed by atoms with Crippen LogP contribution in [0, 0.1) is 0 Å². The summed E-state index contributed by atoms with van der Waals surface area (Å²) in [7, 11) is 0. The average Bonchev–Trinajstić information content (AvgIpc) is 2.36. The minimum absolute atomic E-state index is 0.00308. The highest BCUT2D eigenvalue weighted by molar-refractivity contribution is 9.10. The zero-order valence-electron chi connectivity index (χ0n) is 12.3. The van der Waals surface area contributed by atoms with Crippen LogP contribution in [-0.2, 0) is 9.53 Å². The number of ether oxygens (including phenoxy) is 1. The van der Waals surface area contributed by atoms with E-state index < -0.39 is 11.7 Å². The van der Waals surface area contributed by atoms with Gasteiger partial charge in [0.2, 0.25) is 5.91 Å². The molecule has 0 aliphatic carbocycles. The minimum Gasteiger partial charge on any atom is -0.444 e. The summed E-state index contributed by atoms with van der Waals surface area (Å²) in [6, 6.07) is 3.58. The van der Waals surface area contributed by atoms with Gasteiger partial charge in [0.05, 0.1) is 0 Å². The van der Waals surface area contributed by atoms with Crippen LogP contribution in [0.5, 0.6) is 0 Å². The third-order valence-electron chi connectivity index (χ3n) is 2.86. The second kappa shape index (κ2) is 6.01. The highest BCUT2D eigenvalue weighted by Gasteiger charge is 2.31. The van der Waals surface area contributed by atoms with Gasteiger partial charge in [0.1, 0.15) is 18.0 Å². The van der Waals surface area contributed by atoms with Gasteiger partial charge in [-0.15, -0.1) is 0 Å². The SMILES string of the molecule is CC(C)(C)OC(=O)N1CCN(c2cc(Br)ccn2)C(=O)C1. The highest BCUT2D eigenvalue weighted by Crippen LogP contribution is 2.20. The van der Waals surface area contributed by atoms with E-state index in [1.807, 2.05) is 0 Å². The number of carbonyl (C=O) groups excluding carboxylic acids is 2. The van der Waals surface area contributed by atoms with E-state index in [9.17, 15) is 9.59 Å².